The summed E-state index contributed by atoms with van der Waals surface area (Å²) in [5.74, 6) is 0. The Morgan fingerprint density at radius 1 is 0.531 bits per heavy atom. The third kappa shape index (κ3) is 10.4. The first-order valence-electron chi connectivity index (χ1n) is 19.8. The van der Waals surface area contributed by atoms with Crippen LogP contribution in [0.15, 0.2) is 135 Å². The van der Waals surface area contributed by atoms with Crippen molar-refractivity contribution in [3.8, 4) is 34.9 Å². The van der Waals surface area contributed by atoms with Crippen molar-refractivity contribution < 1.29 is 57.1 Å². The second-order valence-corrected chi connectivity index (χ2v) is 15.3. The maximum Gasteiger partial charge on any atom is 0.273 e. The van der Waals surface area contributed by atoms with E-state index >= 15 is 0 Å². The van der Waals surface area contributed by atoms with Gasteiger partial charge in [0.1, 0.15) is 35.1 Å². The SMILES string of the molecule is C.CCCCCCI.C[n+]1cn(-c2cc(C#N)cc(-n3c[n+](C)c4cccnc43)c2)c2ncccc21.N#Cc1cc(-n2cnc3cccnc32)cc(-n2cnc3cccnc32)c1.[I-].[I-]. The molecule has 0 radical (unpaired) electrons. The van der Waals surface area contributed by atoms with E-state index in [9.17, 15) is 10.5 Å². The summed E-state index contributed by atoms with van der Waals surface area (Å²) in [6.07, 6.45) is 20.0. The summed E-state index contributed by atoms with van der Waals surface area (Å²) in [7, 11) is 3.97. The summed E-state index contributed by atoms with van der Waals surface area (Å²) in [6, 6.07) is 31.3. The van der Waals surface area contributed by atoms with Crippen molar-refractivity contribution in [2.45, 2.75) is 40.0 Å². The van der Waals surface area contributed by atoms with Crippen molar-refractivity contribution in [3.63, 3.8) is 0 Å². The van der Waals surface area contributed by atoms with Gasteiger partial charge in [0.25, 0.3) is 23.9 Å². The van der Waals surface area contributed by atoms with Crippen LogP contribution >= 0.6 is 22.6 Å². The van der Waals surface area contributed by atoms with Crippen LogP contribution in [-0.2, 0) is 14.1 Å². The Morgan fingerprint density at radius 3 is 1.31 bits per heavy atom. The predicted molar refractivity (Wildman–Crippen MR) is 249 cm³/mol. The first kappa shape index (κ1) is 49.1. The quantitative estimate of drug-likeness (QED) is 0.0976. The van der Waals surface area contributed by atoms with Gasteiger partial charge < -0.3 is 48.0 Å². The van der Waals surface area contributed by atoms with Crippen LogP contribution in [0.25, 0.3) is 67.4 Å². The number of rotatable bonds is 8. The molecular weight excluding hydrogens is 1140 g/mol. The highest BCUT2D eigenvalue weighted by Crippen LogP contribution is 2.25. The van der Waals surface area contributed by atoms with Gasteiger partial charge in [0.2, 0.25) is 0 Å². The summed E-state index contributed by atoms with van der Waals surface area (Å²) < 4.78 is 13.1. The van der Waals surface area contributed by atoms with Gasteiger partial charge in [-0.3, -0.25) is 9.13 Å². The Kier molecular flexibility index (Phi) is 17.4. The maximum absolute atomic E-state index is 9.61. The Bertz CT molecular complexity index is 3050. The molecule has 0 saturated heterocycles. The van der Waals surface area contributed by atoms with Crippen molar-refractivity contribution >= 4 is 67.2 Å². The molecule has 2 aromatic carbocycles. The molecule has 14 nitrogen and oxygen atoms in total. The van der Waals surface area contributed by atoms with E-state index in [1.54, 1.807) is 37.4 Å². The lowest BCUT2D eigenvalue weighted by molar-refractivity contribution is -0.645. The van der Waals surface area contributed by atoms with Gasteiger partial charge >= 0.3 is 0 Å². The molecule has 324 valence electrons. The number of nitriles is 2. The molecule has 64 heavy (non-hydrogen) atoms. The lowest BCUT2D eigenvalue weighted by Crippen LogP contribution is -3.00. The summed E-state index contributed by atoms with van der Waals surface area (Å²) in [5.41, 5.74) is 11.3. The number of aromatic nitrogens is 12. The van der Waals surface area contributed by atoms with E-state index in [2.05, 4.69) is 71.6 Å². The highest BCUT2D eigenvalue weighted by molar-refractivity contribution is 14.1. The highest BCUT2D eigenvalue weighted by atomic mass is 127. The molecule has 0 aliphatic carbocycles. The van der Waals surface area contributed by atoms with Crippen LogP contribution in [0.5, 0.6) is 0 Å². The van der Waals surface area contributed by atoms with Gasteiger partial charge in [-0.25, -0.2) is 39.0 Å². The summed E-state index contributed by atoms with van der Waals surface area (Å²) in [6.45, 7) is 2.24. The number of nitrogens with zero attached hydrogens (tertiary/aromatic N) is 14. The molecule has 0 aliphatic rings. The Hall–Kier alpha value is -5.91. The average molecular weight is 1190 g/mol. The van der Waals surface area contributed by atoms with Crippen LogP contribution in [0.4, 0.5) is 0 Å². The van der Waals surface area contributed by atoms with E-state index in [1.165, 1.54) is 30.1 Å². The lowest BCUT2D eigenvalue weighted by atomic mass is 10.2. The minimum Gasteiger partial charge on any atom is -1.00 e. The molecule has 0 unspecified atom stereocenters. The molecule has 8 aromatic heterocycles. The Morgan fingerprint density at radius 2 is 0.922 bits per heavy atom. The molecule has 0 bridgehead atoms. The molecule has 0 N–H and O–H groups in total. The Labute approximate surface area is 419 Å². The minimum atomic E-state index is 0. The number of alkyl halides is 1. The van der Waals surface area contributed by atoms with E-state index in [4.69, 9.17) is 0 Å². The predicted octanol–water partition coefficient (Wildman–Crippen LogP) is 2.56. The van der Waals surface area contributed by atoms with Crippen LogP contribution in [0, 0.1) is 22.7 Å². The van der Waals surface area contributed by atoms with E-state index in [0.29, 0.717) is 11.1 Å². The first-order chi connectivity index (χ1) is 29.9. The number of fused-ring (bicyclic) bond motifs is 4. The zero-order valence-electron chi connectivity index (χ0n) is 34.6. The molecule has 0 saturated carbocycles. The van der Waals surface area contributed by atoms with E-state index in [1.807, 2.05) is 139 Å². The molecule has 10 aromatic rings. The number of hydrogen-bond acceptors (Lipinski definition) is 8. The van der Waals surface area contributed by atoms with Gasteiger partial charge in [0.05, 0.1) is 48.7 Å². The topological polar surface area (TPSA) is 152 Å². The summed E-state index contributed by atoms with van der Waals surface area (Å²) in [5, 5.41) is 19.1. The molecule has 0 aliphatic heterocycles. The van der Waals surface area contributed by atoms with Gasteiger partial charge in [-0.05, 0) is 77.6 Å². The van der Waals surface area contributed by atoms with Gasteiger partial charge in [0.15, 0.2) is 22.3 Å². The van der Waals surface area contributed by atoms with E-state index < -0.39 is 0 Å². The van der Waals surface area contributed by atoms with Crippen LogP contribution in [0.3, 0.4) is 0 Å². The monoisotopic (exact) mass is 1190 g/mol. The normalized spacial score (nSPS) is 10.4. The molecule has 17 heteroatoms. The van der Waals surface area contributed by atoms with Crippen LogP contribution < -0.4 is 57.1 Å². The van der Waals surface area contributed by atoms with Gasteiger partial charge in [0, 0.05) is 43.0 Å². The van der Waals surface area contributed by atoms with E-state index in [-0.39, 0.29) is 55.4 Å². The number of hydrogen-bond donors (Lipinski definition) is 0. The van der Waals surface area contributed by atoms with Crippen LogP contribution in [0.1, 0.15) is 51.2 Å². The van der Waals surface area contributed by atoms with Crippen molar-refractivity contribution in [1.29, 1.82) is 10.5 Å². The lowest BCUT2D eigenvalue weighted by Gasteiger charge is -2.09. The third-order valence-corrected chi connectivity index (χ3v) is 10.9. The number of aryl methyl sites for hydroxylation is 2. The summed E-state index contributed by atoms with van der Waals surface area (Å²) in [4.78, 5) is 26.6. The standard InChI is InChI=1S/C21H17N7.C19H11N7.C6H13I.CH4.2HI/c1-25-13-27(20-18(25)5-3-7-23-20)16-9-15(12-22)10-17(11-16)28-14-26(2)19-6-4-8-24-21(19)28;20-10-13-7-14(25-11-23-16-3-1-5-21-18(16)25)9-15(8-13)26-12-24-17-4-2-6-22-19(17)26;1-2-3-4-5-6-7;;;/h3-11,13-14H,1-2H3;1-9,11-12H;2-6H2,1H3;1H4;2*1H/q+2;;;;;/p-2. The van der Waals surface area contributed by atoms with Crippen molar-refractivity contribution in [2.24, 2.45) is 14.1 Å². The third-order valence-electron chi connectivity index (χ3n) is 10.1. The zero-order chi connectivity index (χ0) is 42.3. The first-order valence-corrected chi connectivity index (χ1v) is 21.3. The molecule has 0 atom stereocenters. The average Bonchev–Trinajstić information content (AvgIpc) is 4.10. The van der Waals surface area contributed by atoms with Gasteiger partial charge in [-0.2, -0.15) is 19.7 Å². The number of pyridine rings is 4. The largest absolute Gasteiger partial charge is 1.00 e. The van der Waals surface area contributed by atoms with Crippen LogP contribution in [0.2, 0.25) is 0 Å². The van der Waals surface area contributed by atoms with E-state index in [0.717, 1.165) is 67.4 Å². The Balaban J connectivity index is 0.000000202. The number of benzene rings is 2. The second-order valence-electron chi connectivity index (χ2n) is 14.3. The smallest absolute Gasteiger partial charge is 0.273 e. The molecular formula is C47H45I3N14. The molecule has 0 fully saturated rings. The fraction of sp³-hybridized carbons (Fsp3) is 0.191. The number of imidazole rings is 4. The molecule has 0 spiro atoms. The molecule has 10 rings (SSSR count). The number of halogens is 3. The fourth-order valence-corrected chi connectivity index (χ4v) is 7.67. The molecule has 0 amide bonds. The maximum atomic E-state index is 9.61. The summed E-state index contributed by atoms with van der Waals surface area (Å²) >= 11 is 2.43. The fourth-order valence-electron chi connectivity index (χ4n) is 7.13. The van der Waals surface area contributed by atoms with Gasteiger partial charge in [-0.1, -0.05) is 56.2 Å². The van der Waals surface area contributed by atoms with Crippen molar-refractivity contribution in [3.05, 3.63) is 146 Å². The van der Waals surface area contributed by atoms with Crippen LogP contribution in [-0.4, -0.2) is 52.6 Å². The second kappa shape index (κ2) is 22.6. The minimum absolute atomic E-state index is 0. The molecule has 8 heterocycles. The van der Waals surface area contributed by atoms with Gasteiger partial charge in [-0.15, -0.1) is 0 Å². The van der Waals surface area contributed by atoms with Crippen molar-refractivity contribution in [2.75, 3.05) is 4.43 Å². The number of unbranched alkanes of at least 4 members (excludes halogenated alkanes) is 3. The van der Waals surface area contributed by atoms with Crippen molar-refractivity contribution in [1.82, 2.24) is 48.2 Å². The highest BCUT2D eigenvalue weighted by Gasteiger charge is 2.22. The zero-order valence-corrected chi connectivity index (χ0v) is 41.1.